The summed E-state index contributed by atoms with van der Waals surface area (Å²) in [5, 5.41) is 0.310. The second kappa shape index (κ2) is 6.10. The smallest absolute Gasteiger partial charge is 0.129 e. The molecule has 0 aliphatic carbocycles. The Hall–Kier alpha value is -1.49. The SMILES string of the molecule is NNC(Cc1ccc(F)cc1)c1c(F)cccc1Cl. The van der Waals surface area contributed by atoms with E-state index in [9.17, 15) is 8.78 Å². The summed E-state index contributed by atoms with van der Waals surface area (Å²) in [5.74, 6) is 4.74. The first-order valence-corrected chi connectivity index (χ1v) is 6.14. The molecule has 1 unspecified atom stereocenters. The van der Waals surface area contributed by atoms with Crippen molar-refractivity contribution in [3.8, 4) is 0 Å². The Balaban J connectivity index is 2.27. The van der Waals surface area contributed by atoms with Crippen LogP contribution in [0, 0.1) is 11.6 Å². The minimum atomic E-state index is -0.473. The molecule has 0 aliphatic heterocycles. The lowest BCUT2D eigenvalue weighted by atomic mass is 9.99. The zero-order valence-corrected chi connectivity index (χ0v) is 10.8. The fraction of sp³-hybridized carbons (Fsp3) is 0.143. The summed E-state index contributed by atoms with van der Waals surface area (Å²) in [6, 6.07) is 9.97. The zero-order valence-electron chi connectivity index (χ0n) is 10.0. The Bertz CT molecular complexity index is 538. The molecule has 0 aromatic heterocycles. The van der Waals surface area contributed by atoms with Crippen LogP contribution in [-0.4, -0.2) is 0 Å². The highest BCUT2D eigenvalue weighted by Gasteiger charge is 2.18. The number of rotatable bonds is 4. The standard InChI is InChI=1S/C14H13ClF2N2/c15-11-2-1-3-12(17)14(11)13(19-18)8-9-4-6-10(16)7-5-9/h1-7,13,19H,8,18H2. The fourth-order valence-corrected chi connectivity index (χ4v) is 2.24. The number of benzene rings is 2. The molecule has 5 heteroatoms. The minimum Gasteiger partial charge on any atom is -0.271 e. The van der Waals surface area contributed by atoms with Crippen LogP contribution in [0.25, 0.3) is 0 Å². The first kappa shape index (κ1) is 13.9. The number of halogens is 3. The van der Waals surface area contributed by atoms with Gasteiger partial charge < -0.3 is 0 Å². The van der Waals surface area contributed by atoms with Crippen molar-refractivity contribution < 1.29 is 8.78 Å². The van der Waals surface area contributed by atoms with Gasteiger partial charge in [-0.2, -0.15) is 0 Å². The number of hydrogen-bond donors (Lipinski definition) is 2. The molecule has 0 radical (unpaired) electrons. The topological polar surface area (TPSA) is 38.0 Å². The molecular formula is C14H13ClF2N2. The molecule has 2 aromatic carbocycles. The Kier molecular flexibility index (Phi) is 4.47. The summed E-state index contributed by atoms with van der Waals surface area (Å²) >= 11 is 6.00. The molecule has 0 saturated heterocycles. The van der Waals surface area contributed by atoms with Gasteiger partial charge in [-0.15, -0.1) is 0 Å². The Morgan fingerprint density at radius 1 is 1.11 bits per heavy atom. The molecule has 0 saturated carbocycles. The van der Waals surface area contributed by atoms with E-state index in [-0.39, 0.29) is 5.82 Å². The Morgan fingerprint density at radius 3 is 2.37 bits per heavy atom. The number of hydrogen-bond acceptors (Lipinski definition) is 2. The lowest BCUT2D eigenvalue weighted by Crippen LogP contribution is -2.30. The number of nitrogens with one attached hydrogen (secondary N) is 1. The lowest BCUT2D eigenvalue weighted by Gasteiger charge is -2.18. The first-order valence-electron chi connectivity index (χ1n) is 5.76. The van der Waals surface area contributed by atoms with Crippen LogP contribution in [0.15, 0.2) is 42.5 Å². The van der Waals surface area contributed by atoms with Gasteiger partial charge in [-0.3, -0.25) is 11.3 Å². The highest BCUT2D eigenvalue weighted by Crippen LogP contribution is 2.27. The number of nitrogens with two attached hydrogens (primary N) is 1. The van der Waals surface area contributed by atoms with Crippen molar-refractivity contribution >= 4 is 11.6 Å². The minimum absolute atomic E-state index is 0.310. The van der Waals surface area contributed by atoms with E-state index in [0.29, 0.717) is 17.0 Å². The van der Waals surface area contributed by atoms with Crippen LogP contribution in [0.1, 0.15) is 17.2 Å². The Labute approximate surface area is 115 Å². The molecular weight excluding hydrogens is 270 g/mol. The maximum Gasteiger partial charge on any atom is 0.129 e. The second-order valence-electron chi connectivity index (χ2n) is 4.19. The van der Waals surface area contributed by atoms with Gasteiger partial charge in [-0.25, -0.2) is 8.78 Å². The van der Waals surface area contributed by atoms with Crippen molar-refractivity contribution in [3.63, 3.8) is 0 Å². The van der Waals surface area contributed by atoms with Crippen molar-refractivity contribution in [1.29, 1.82) is 0 Å². The molecule has 0 aliphatic rings. The van der Waals surface area contributed by atoms with Gasteiger partial charge in [0.05, 0.1) is 6.04 Å². The highest BCUT2D eigenvalue weighted by atomic mass is 35.5. The van der Waals surface area contributed by atoms with Crippen LogP contribution in [0.2, 0.25) is 5.02 Å². The van der Waals surface area contributed by atoms with Crippen molar-refractivity contribution in [3.05, 3.63) is 70.2 Å². The van der Waals surface area contributed by atoms with Crippen LogP contribution < -0.4 is 11.3 Å². The normalized spacial score (nSPS) is 12.4. The zero-order chi connectivity index (χ0) is 13.8. The molecule has 100 valence electrons. The van der Waals surface area contributed by atoms with Crippen molar-refractivity contribution in [2.75, 3.05) is 0 Å². The molecule has 2 aromatic rings. The highest BCUT2D eigenvalue weighted by molar-refractivity contribution is 6.31. The van der Waals surface area contributed by atoms with E-state index in [1.807, 2.05) is 0 Å². The van der Waals surface area contributed by atoms with Crippen molar-refractivity contribution in [2.24, 2.45) is 5.84 Å². The van der Waals surface area contributed by atoms with E-state index in [1.165, 1.54) is 24.3 Å². The van der Waals surface area contributed by atoms with Crippen molar-refractivity contribution in [2.45, 2.75) is 12.5 Å². The molecule has 2 nitrogen and oxygen atoms in total. The summed E-state index contributed by atoms with van der Waals surface area (Å²) in [7, 11) is 0. The molecule has 0 heterocycles. The third-order valence-corrected chi connectivity index (χ3v) is 3.23. The van der Waals surface area contributed by atoms with Crippen LogP contribution in [0.5, 0.6) is 0 Å². The molecule has 3 N–H and O–H groups in total. The summed E-state index contributed by atoms with van der Waals surface area (Å²) < 4.78 is 26.7. The summed E-state index contributed by atoms with van der Waals surface area (Å²) in [6.45, 7) is 0. The molecule has 0 fully saturated rings. The molecule has 0 spiro atoms. The third kappa shape index (κ3) is 3.29. The van der Waals surface area contributed by atoms with Gasteiger partial charge in [0, 0.05) is 10.6 Å². The molecule has 19 heavy (non-hydrogen) atoms. The van der Waals surface area contributed by atoms with Gasteiger partial charge in [-0.05, 0) is 36.2 Å². The number of hydrazine groups is 1. The molecule has 2 rings (SSSR count). The van der Waals surface area contributed by atoms with Gasteiger partial charge in [0.25, 0.3) is 0 Å². The van der Waals surface area contributed by atoms with Crippen LogP contribution in [-0.2, 0) is 6.42 Å². The third-order valence-electron chi connectivity index (χ3n) is 2.90. The van der Waals surface area contributed by atoms with E-state index < -0.39 is 11.9 Å². The van der Waals surface area contributed by atoms with Gasteiger partial charge >= 0.3 is 0 Å². The molecule has 0 amide bonds. The summed E-state index contributed by atoms with van der Waals surface area (Å²) in [5.41, 5.74) is 3.70. The largest absolute Gasteiger partial charge is 0.271 e. The lowest BCUT2D eigenvalue weighted by molar-refractivity contribution is 0.510. The maximum absolute atomic E-state index is 13.8. The average molecular weight is 283 g/mol. The average Bonchev–Trinajstić information content (AvgIpc) is 2.39. The van der Waals surface area contributed by atoms with E-state index in [0.717, 1.165) is 5.56 Å². The van der Waals surface area contributed by atoms with E-state index in [4.69, 9.17) is 17.4 Å². The van der Waals surface area contributed by atoms with Gasteiger partial charge in [0.15, 0.2) is 0 Å². The van der Waals surface area contributed by atoms with Gasteiger partial charge in [0.2, 0.25) is 0 Å². The molecule has 0 bridgehead atoms. The van der Waals surface area contributed by atoms with E-state index >= 15 is 0 Å². The van der Waals surface area contributed by atoms with Crippen molar-refractivity contribution in [1.82, 2.24) is 5.43 Å². The predicted molar refractivity (Wildman–Crippen MR) is 71.6 cm³/mol. The Morgan fingerprint density at radius 2 is 1.79 bits per heavy atom. The monoisotopic (exact) mass is 282 g/mol. The van der Waals surface area contributed by atoms with Crippen LogP contribution in [0.3, 0.4) is 0 Å². The van der Waals surface area contributed by atoms with E-state index in [2.05, 4.69) is 5.43 Å². The summed E-state index contributed by atoms with van der Waals surface area (Å²) in [6.07, 6.45) is 0.414. The maximum atomic E-state index is 13.8. The van der Waals surface area contributed by atoms with Crippen LogP contribution in [0.4, 0.5) is 8.78 Å². The quantitative estimate of drug-likeness (QED) is 0.666. The van der Waals surface area contributed by atoms with E-state index in [1.54, 1.807) is 18.2 Å². The molecule has 1 atom stereocenters. The first-order chi connectivity index (χ1) is 9.11. The van der Waals surface area contributed by atoms with Gasteiger partial charge in [0.1, 0.15) is 11.6 Å². The fourth-order valence-electron chi connectivity index (χ4n) is 1.94. The second-order valence-corrected chi connectivity index (χ2v) is 4.59. The van der Waals surface area contributed by atoms with Gasteiger partial charge in [-0.1, -0.05) is 29.8 Å². The predicted octanol–water partition coefficient (Wildman–Crippen LogP) is 3.37. The van der Waals surface area contributed by atoms with Crippen LogP contribution >= 0.6 is 11.6 Å². The summed E-state index contributed by atoms with van der Waals surface area (Å²) in [4.78, 5) is 0.